The summed E-state index contributed by atoms with van der Waals surface area (Å²) in [6.07, 6.45) is 1.37. The number of hydrogen-bond donors (Lipinski definition) is 7. The zero-order chi connectivity index (χ0) is 34.0. The lowest BCUT2D eigenvalue weighted by atomic mass is 10.0. The van der Waals surface area contributed by atoms with E-state index in [-0.39, 0.29) is 37.4 Å². The normalized spacial score (nSPS) is 12.6. The van der Waals surface area contributed by atoms with Crippen LogP contribution in [0.4, 0.5) is 0 Å². The molecule has 248 valence electrons. The van der Waals surface area contributed by atoms with E-state index in [2.05, 4.69) is 20.3 Å². The van der Waals surface area contributed by atoms with Gasteiger partial charge in [0.15, 0.2) is 0 Å². The highest BCUT2D eigenvalue weighted by atomic mass is 32.2. The third kappa shape index (κ3) is 10.1. The first-order valence-electron chi connectivity index (χ1n) is 15.0. The van der Waals surface area contributed by atoms with Crippen molar-refractivity contribution >= 4 is 44.5 Å². The van der Waals surface area contributed by atoms with Gasteiger partial charge >= 0.3 is 0 Å². The Labute approximate surface area is 273 Å². The topological polar surface area (TPSA) is 222 Å². The fourth-order valence-corrected chi connectivity index (χ4v) is 5.60. The molecular formula is C33H39N7O6S. The van der Waals surface area contributed by atoms with Gasteiger partial charge in [0.2, 0.25) is 27.7 Å². The number of benzene rings is 3. The van der Waals surface area contributed by atoms with Crippen LogP contribution in [0.1, 0.15) is 42.0 Å². The molecule has 47 heavy (non-hydrogen) atoms. The molecule has 0 radical (unpaired) electrons. The monoisotopic (exact) mass is 661 g/mol. The summed E-state index contributed by atoms with van der Waals surface area (Å²) >= 11 is 0. The van der Waals surface area contributed by atoms with Gasteiger partial charge in [0.1, 0.15) is 30.3 Å². The van der Waals surface area contributed by atoms with Crippen LogP contribution in [0.15, 0.2) is 79.0 Å². The Balaban J connectivity index is 1.51. The number of rotatable bonds is 17. The molecule has 0 aliphatic rings. The molecule has 4 aromatic rings. The Bertz CT molecular complexity index is 1830. The van der Waals surface area contributed by atoms with Crippen molar-refractivity contribution < 1.29 is 27.5 Å². The van der Waals surface area contributed by atoms with Crippen LogP contribution in [0, 0.1) is 5.41 Å². The zero-order valence-corrected chi connectivity index (χ0v) is 26.7. The lowest BCUT2D eigenvalue weighted by Gasteiger charge is -2.23. The van der Waals surface area contributed by atoms with Crippen LogP contribution in [-0.2, 0) is 44.0 Å². The minimum atomic E-state index is -3.85. The number of carbonyl (C=O) groups excluding carboxylic acids is 3. The number of primary amides is 1. The molecule has 4 rings (SSSR count). The summed E-state index contributed by atoms with van der Waals surface area (Å²) in [5.41, 5.74) is 14.5. The summed E-state index contributed by atoms with van der Waals surface area (Å²) < 4.78 is 33.7. The summed E-state index contributed by atoms with van der Waals surface area (Å²) in [5.74, 6) is -1.76. The molecule has 0 bridgehead atoms. The predicted octanol–water partition coefficient (Wildman–Crippen LogP) is 1.95. The number of nitrogens with one attached hydrogen (secondary N) is 5. The fourth-order valence-electron chi connectivity index (χ4n) is 4.81. The maximum absolute atomic E-state index is 13.7. The van der Waals surface area contributed by atoms with Gasteiger partial charge in [0, 0.05) is 35.6 Å². The molecule has 1 heterocycles. The number of amides is 3. The van der Waals surface area contributed by atoms with Gasteiger partial charge in [-0.2, -0.15) is 0 Å². The van der Waals surface area contributed by atoms with Crippen molar-refractivity contribution in [3.05, 3.63) is 101 Å². The SMILES string of the molecule is CCS(=O)(=O)NC(Cc1c[nH]c2ccc(OCc3ccccc3)cc12)C(=O)NC(CCC(N)=O)C(=O)NCc1ccc(C(=N)N)cc1. The standard InChI is InChI=1S/C33H39N7O6S/c1-2-47(44,45)40-29(16-24-19-37-27-13-12-25(17-26(24)27)46-20-22-6-4-3-5-7-22)33(43)39-28(14-15-30(34)41)32(42)38-18-21-8-10-23(11-9-21)31(35)36/h3-13,17,19,28-29,37,40H,2,14-16,18,20H2,1H3,(H2,34,41)(H3,35,36)(H,38,42)(H,39,43). The third-order valence-electron chi connectivity index (χ3n) is 7.47. The number of nitrogen functional groups attached to an aromatic ring is 1. The molecule has 13 nitrogen and oxygen atoms in total. The molecule has 2 unspecified atom stereocenters. The quantitative estimate of drug-likeness (QED) is 0.0657. The average molecular weight is 662 g/mol. The summed E-state index contributed by atoms with van der Waals surface area (Å²) in [7, 11) is -3.85. The maximum Gasteiger partial charge on any atom is 0.242 e. The van der Waals surface area contributed by atoms with Crippen molar-refractivity contribution in [2.75, 3.05) is 5.75 Å². The third-order valence-corrected chi connectivity index (χ3v) is 8.88. The minimum Gasteiger partial charge on any atom is -0.489 e. The van der Waals surface area contributed by atoms with Crippen LogP contribution in [0.5, 0.6) is 5.75 Å². The van der Waals surface area contributed by atoms with Crippen molar-refractivity contribution in [3.63, 3.8) is 0 Å². The number of H-pyrrole nitrogens is 1. The Morgan fingerprint density at radius 1 is 0.936 bits per heavy atom. The predicted molar refractivity (Wildman–Crippen MR) is 179 cm³/mol. The van der Waals surface area contributed by atoms with E-state index in [0.717, 1.165) is 16.5 Å². The van der Waals surface area contributed by atoms with Gasteiger partial charge in [-0.1, -0.05) is 54.6 Å². The van der Waals surface area contributed by atoms with Crippen molar-refractivity contribution in [2.45, 2.75) is 51.4 Å². The lowest BCUT2D eigenvalue weighted by Crippen LogP contribution is -2.54. The van der Waals surface area contributed by atoms with Gasteiger partial charge < -0.3 is 31.8 Å². The first kappa shape index (κ1) is 34.7. The molecular weight excluding hydrogens is 622 g/mol. The molecule has 3 amide bonds. The summed E-state index contributed by atoms with van der Waals surface area (Å²) in [5, 5.41) is 13.6. The van der Waals surface area contributed by atoms with Gasteiger partial charge in [0.05, 0.1) is 5.75 Å². The second kappa shape index (κ2) is 15.9. The van der Waals surface area contributed by atoms with Gasteiger partial charge in [-0.3, -0.25) is 19.8 Å². The number of hydrogen-bond acceptors (Lipinski definition) is 7. The first-order chi connectivity index (χ1) is 22.4. The van der Waals surface area contributed by atoms with E-state index in [9.17, 15) is 22.8 Å². The largest absolute Gasteiger partial charge is 0.489 e. The molecule has 0 spiro atoms. The minimum absolute atomic E-state index is 0.0418. The highest BCUT2D eigenvalue weighted by Gasteiger charge is 2.29. The number of amidine groups is 1. The van der Waals surface area contributed by atoms with E-state index in [0.29, 0.717) is 29.0 Å². The molecule has 0 fully saturated rings. The van der Waals surface area contributed by atoms with Gasteiger partial charge in [0.25, 0.3) is 0 Å². The number of aromatic amines is 1. The van der Waals surface area contributed by atoms with E-state index in [1.807, 2.05) is 48.5 Å². The molecule has 3 aromatic carbocycles. The number of nitrogens with two attached hydrogens (primary N) is 2. The molecule has 0 aliphatic carbocycles. The summed E-state index contributed by atoms with van der Waals surface area (Å²) in [6, 6.07) is 19.4. The molecule has 9 N–H and O–H groups in total. The summed E-state index contributed by atoms with van der Waals surface area (Å²) in [6.45, 7) is 1.90. The smallest absolute Gasteiger partial charge is 0.242 e. The zero-order valence-electron chi connectivity index (χ0n) is 25.9. The van der Waals surface area contributed by atoms with E-state index in [1.165, 1.54) is 6.92 Å². The molecule has 14 heteroatoms. The Morgan fingerprint density at radius 3 is 2.32 bits per heavy atom. The Hall–Kier alpha value is -5.21. The number of ether oxygens (including phenoxy) is 1. The Kier molecular flexibility index (Phi) is 11.7. The number of sulfonamides is 1. The molecule has 2 atom stereocenters. The van der Waals surface area contributed by atoms with Gasteiger partial charge in [-0.15, -0.1) is 0 Å². The van der Waals surface area contributed by atoms with Crippen LogP contribution < -0.4 is 31.6 Å². The molecule has 1 aromatic heterocycles. The molecule has 0 saturated heterocycles. The van der Waals surface area contributed by atoms with Crippen LogP contribution in [0.2, 0.25) is 0 Å². The van der Waals surface area contributed by atoms with E-state index in [1.54, 1.807) is 30.5 Å². The fraction of sp³-hybridized carbons (Fsp3) is 0.273. The second-order valence-corrected chi connectivity index (χ2v) is 13.0. The Morgan fingerprint density at radius 2 is 1.66 bits per heavy atom. The van der Waals surface area contributed by atoms with E-state index >= 15 is 0 Å². The van der Waals surface area contributed by atoms with E-state index in [4.69, 9.17) is 21.6 Å². The highest BCUT2D eigenvalue weighted by Crippen LogP contribution is 2.26. The van der Waals surface area contributed by atoms with Crippen LogP contribution >= 0.6 is 0 Å². The van der Waals surface area contributed by atoms with Crippen molar-refractivity contribution in [2.24, 2.45) is 11.5 Å². The van der Waals surface area contributed by atoms with Crippen molar-refractivity contribution in [3.8, 4) is 5.75 Å². The first-order valence-corrected chi connectivity index (χ1v) is 16.7. The van der Waals surface area contributed by atoms with Gasteiger partial charge in [-0.25, -0.2) is 13.1 Å². The lowest BCUT2D eigenvalue weighted by molar-refractivity contribution is -0.130. The number of fused-ring (bicyclic) bond motifs is 1. The van der Waals surface area contributed by atoms with Crippen molar-refractivity contribution in [1.82, 2.24) is 20.3 Å². The van der Waals surface area contributed by atoms with Crippen molar-refractivity contribution in [1.29, 1.82) is 5.41 Å². The highest BCUT2D eigenvalue weighted by molar-refractivity contribution is 7.89. The maximum atomic E-state index is 13.7. The average Bonchev–Trinajstić information content (AvgIpc) is 3.46. The van der Waals surface area contributed by atoms with E-state index < -0.39 is 39.8 Å². The second-order valence-electron chi connectivity index (χ2n) is 11.0. The van der Waals surface area contributed by atoms with Crippen LogP contribution in [0.25, 0.3) is 10.9 Å². The number of aromatic nitrogens is 1. The molecule has 0 aliphatic heterocycles. The summed E-state index contributed by atoms with van der Waals surface area (Å²) in [4.78, 5) is 41.6. The number of carbonyl (C=O) groups is 3. The molecule has 0 saturated carbocycles. The van der Waals surface area contributed by atoms with Crippen LogP contribution in [-0.4, -0.2) is 54.8 Å². The van der Waals surface area contributed by atoms with Gasteiger partial charge in [-0.05, 0) is 54.7 Å². The van der Waals surface area contributed by atoms with Crippen LogP contribution in [0.3, 0.4) is 0 Å².